The molecule has 1 N–H and O–H groups in total. The number of rotatable bonds is 9. The first-order chi connectivity index (χ1) is 12.5. The topological polar surface area (TPSA) is 38.3 Å². The van der Waals surface area contributed by atoms with Crippen LogP contribution in [-0.4, -0.2) is 32.3 Å². The van der Waals surface area contributed by atoms with E-state index >= 15 is 0 Å². The van der Waals surface area contributed by atoms with Crippen molar-refractivity contribution < 1.29 is 9.22 Å². The van der Waals surface area contributed by atoms with E-state index < -0.39 is 8.32 Å². The molecule has 0 aliphatic rings. The number of amides is 1. The van der Waals surface area contributed by atoms with Crippen LogP contribution in [0.4, 0.5) is 0 Å². The zero-order valence-corrected chi connectivity index (χ0v) is 19.6. The molecule has 3 nitrogen and oxygen atoms in total. The maximum atomic E-state index is 12.8. The van der Waals surface area contributed by atoms with E-state index in [9.17, 15) is 4.79 Å². The number of nitrogens with one attached hydrogen (secondary N) is 1. The van der Waals surface area contributed by atoms with Crippen molar-refractivity contribution in [1.82, 2.24) is 5.32 Å². The van der Waals surface area contributed by atoms with Crippen molar-refractivity contribution in [3.63, 3.8) is 0 Å². The van der Waals surface area contributed by atoms with E-state index in [4.69, 9.17) is 16.0 Å². The maximum Gasteiger partial charge on any atom is 0.251 e. The first-order valence-corrected chi connectivity index (χ1v) is 13.2. The predicted octanol–water partition coefficient (Wildman–Crippen LogP) is 6.02. The fourth-order valence-electron chi connectivity index (χ4n) is 2.58. The van der Waals surface area contributed by atoms with Gasteiger partial charge in [0.25, 0.3) is 5.91 Å². The second-order valence-electron chi connectivity index (χ2n) is 9.00. The summed E-state index contributed by atoms with van der Waals surface area (Å²) in [6.45, 7) is 15.5. The summed E-state index contributed by atoms with van der Waals surface area (Å²) in [4.78, 5) is 12.8. The van der Waals surface area contributed by atoms with Crippen LogP contribution in [0.15, 0.2) is 42.5 Å². The minimum atomic E-state index is -2.01. The van der Waals surface area contributed by atoms with Crippen LogP contribution in [0.2, 0.25) is 18.1 Å². The lowest BCUT2D eigenvalue weighted by molar-refractivity contribution is 0.0876. The fraction of sp³-hybridized carbons (Fsp3) is 0.591. The predicted molar refractivity (Wildman–Crippen MR) is 119 cm³/mol. The van der Waals surface area contributed by atoms with Gasteiger partial charge in [0.1, 0.15) is 0 Å². The average molecular weight is 410 g/mol. The molecule has 0 bridgehead atoms. The number of carbonyl (C=O) groups excluding carboxylic acids is 1. The highest BCUT2D eigenvalue weighted by Crippen LogP contribution is 2.38. The lowest BCUT2D eigenvalue weighted by atomic mass is 9.98. The number of benzene rings is 1. The molecule has 0 spiro atoms. The van der Waals surface area contributed by atoms with Gasteiger partial charge < -0.3 is 9.74 Å². The van der Waals surface area contributed by atoms with Gasteiger partial charge in [-0.2, -0.15) is 0 Å². The van der Waals surface area contributed by atoms with Gasteiger partial charge in [0.15, 0.2) is 8.32 Å². The van der Waals surface area contributed by atoms with Crippen LogP contribution in [0.3, 0.4) is 0 Å². The van der Waals surface area contributed by atoms with E-state index in [1.165, 1.54) is 0 Å². The van der Waals surface area contributed by atoms with Gasteiger partial charge in [-0.3, -0.25) is 4.79 Å². The Morgan fingerprint density at radius 1 is 1.22 bits per heavy atom. The van der Waals surface area contributed by atoms with Crippen LogP contribution in [0.5, 0.6) is 0 Å². The minimum Gasteiger partial charge on any atom is -0.408 e. The van der Waals surface area contributed by atoms with Gasteiger partial charge in [-0.25, -0.2) is 0 Å². The molecule has 0 saturated carbocycles. The van der Waals surface area contributed by atoms with Gasteiger partial charge in [0, 0.05) is 11.4 Å². The van der Waals surface area contributed by atoms with Crippen molar-refractivity contribution in [2.75, 3.05) is 5.88 Å². The summed E-state index contributed by atoms with van der Waals surface area (Å²) in [5.74, 6) is 0.795. The molecule has 27 heavy (non-hydrogen) atoms. The molecule has 0 radical (unpaired) electrons. The molecular formula is C22H36ClNO2Si. The number of hydrogen-bond donors (Lipinski definition) is 1. The van der Waals surface area contributed by atoms with Crippen molar-refractivity contribution in [3.8, 4) is 0 Å². The molecule has 1 rings (SSSR count). The lowest BCUT2D eigenvalue weighted by Crippen LogP contribution is -2.51. The summed E-state index contributed by atoms with van der Waals surface area (Å²) >= 11 is 5.90. The van der Waals surface area contributed by atoms with E-state index in [-0.39, 0.29) is 23.1 Å². The number of alkyl halides is 1. The van der Waals surface area contributed by atoms with E-state index in [1.54, 1.807) is 0 Å². The largest absolute Gasteiger partial charge is 0.408 e. The van der Waals surface area contributed by atoms with Crippen LogP contribution < -0.4 is 5.32 Å². The zero-order valence-electron chi connectivity index (χ0n) is 17.9. The van der Waals surface area contributed by atoms with E-state index in [0.717, 1.165) is 6.42 Å². The summed E-state index contributed by atoms with van der Waals surface area (Å²) in [6, 6.07) is 9.23. The SMILES string of the molecule is CC(C)C[C@H](NC(=O)c1ccccc1)[C@H](/C=C/CCl)O[Si](C)(C)C(C)(C)C. The second kappa shape index (κ2) is 10.4. The third-order valence-corrected chi connectivity index (χ3v) is 9.78. The summed E-state index contributed by atoms with van der Waals surface area (Å²) < 4.78 is 6.68. The van der Waals surface area contributed by atoms with Crippen LogP contribution in [0.25, 0.3) is 0 Å². The first kappa shape index (κ1) is 23.9. The third-order valence-electron chi connectivity index (χ3n) is 5.13. The molecule has 152 valence electrons. The molecule has 0 aliphatic carbocycles. The standard InChI is InChI=1S/C22H36ClNO2Si/c1-17(2)16-19(24-21(25)18-12-9-8-10-13-18)20(14-11-15-23)26-27(6,7)22(3,4)5/h8-14,17,19-20H,15-16H2,1-7H3,(H,24,25)/b14-11+/t19-,20-/m0/s1. The van der Waals surface area contributed by atoms with Gasteiger partial charge in [-0.15, -0.1) is 11.6 Å². The van der Waals surface area contributed by atoms with Crippen LogP contribution in [0.1, 0.15) is 51.4 Å². The molecule has 0 unspecified atom stereocenters. The van der Waals surface area contributed by atoms with Crippen molar-refractivity contribution in [1.29, 1.82) is 0 Å². The minimum absolute atomic E-state index is 0.0654. The average Bonchev–Trinajstić information content (AvgIpc) is 2.57. The number of halogens is 1. The van der Waals surface area contributed by atoms with Gasteiger partial charge in [0.05, 0.1) is 12.1 Å². The number of hydrogen-bond acceptors (Lipinski definition) is 2. The zero-order chi connectivity index (χ0) is 20.7. The molecule has 2 atom stereocenters. The number of allylic oxidation sites excluding steroid dienone is 1. The van der Waals surface area contributed by atoms with Gasteiger partial charge >= 0.3 is 0 Å². The van der Waals surface area contributed by atoms with Crippen LogP contribution in [-0.2, 0) is 4.43 Å². The van der Waals surface area contributed by atoms with Gasteiger partial charge in [-0.1, -0.05) is 65.0 Å². The molecule has 0 fully saturated rings. The highest BCUT2D eigenvalue weighted by molar-refractivity contribution is 6.74. The molecule has 1 amide bonds. The van der Waals surface area contributed by atoms with Crippen molar-refractivity contribution in [2.45, 2.75) is 71.3 Å². The molecule has 0 saturated heterocycles. The lowest BCUT2D eigenvalue weighted by Gasteiger charge is -2.41. The first-order valence-electron chi connectivity index (χ1n) is 9.74. The monoisotopic (exact) mass is 409 g/mol. The molecule has 0 aliphatic heterocycles. The summed E-state index contributed by atoms with van der Waals surface area (Å²) in [7, 11) is -2.01. The Bertz CT molecular complexity index is 608. The van der Waals surface area contributed by atoms with Gasteiger partial charge in [0.2, 0.25) is 0 Å². The van der Waals surface area contributed by atoms with Crippen molar-refractivity contribution in [3.05, 3.63) is 48.0 Å². The van der Waals surface area contributed by atoms with Crippen molar-refractivity contribution in [2.24, 2.45) is 5.92 Å². The summed E-state index contributed by atoms with van der Waals surface area (Å²) in [5, 5.41) is 3.30. The Balaban J connectivity index is 3.11. The third kappa shape index (κ3) is 7.80. The van der Waals surface area contributed by atoms with Crippen molar-refractivity contribution >= 4 is 25.8 Å². The molecule has 1 aromatic rings. The normalized spacial score (nSPS) is 15.1. The maximum absolute atomic E-state index is 12.8. The Labute approximate surface area is 171 Å². The Morgan fingerprint density at radius 2 is 1.81 bits per heavy atom. The van der Waals surface area contributed by atoms with E-state index in [0.29, 0.717) is 17.4 Å². The Kier molecular flexibility index (Phi) is 9.26. The summed E-state index contributed by atoms with van der Waals surface area (Å²) in [6.07, 6.45) is 4.58. The second-order valence-corrected chi connectivity index (χ2v) is 14.1. The van der Waals surface area contributed by atoms with Gasteiger partial charge in [-0.05, 0) is 42.6 Å². The highest BCUT2D eigenvalue weighted by atomic mass is 35.5. The Morgan fingerprint density at radius 3 is 2.30 bits per heavy atom. The fourth-order valence-corrected chi connectivity index (χ4v) is 3.96. The quantitative estimate of drug-likeness (QED) is 0.307. The van der Waals surface area contributed by atoms with Crippen LogP contribution in [0, 0.1) is 5.92 Å². The van der Waals surface area contributed by atoms with E-state index in [2.05, 4.69) is 53.0 Å². The molecular weight excluding hydrogens is 374 g/mol. The molecule has 0 aromatic heterocycles. The Hall–Kier alpha value is -1.10. The highest BCUT2D eigenvalue weighted by Gasteiger charge is 2.40. The van der Waals surface area contributed by atoms with Crippen LogP contribution >= 0.6 is 11.6 Å². The number of carbonyl (C=O) groups is 1. The molecule has 5 heteroatoms. The summed E-state index contributed by atoms with van der Waals surface area (Å²) in [5.41, 5.74) is 0.665. The smallest absolute Gasteiger partial charge is 0.251 e. The molecule has 0 heterocycles. The molecule has 1 aromatic carbocycles. The van der Waals surface area contributed by atoms with E-state index in [1.807, 2.05) is 42.5 Å².